The lowest BCUT2D eigenvalue weighted by Crippen LogP contribution is -2.30. The van der Waals surface area contributed by atoms with E-state index >= 15 is 0 Å². The number of nitrogens with zero attached hydrogens (tertiary/aromatic N) is 1. The Labute approximate surface area is 174 Å². The first kappa shape index (κ1) is 20.9. The van der Waals surface area contributed by atoms with E-state index in [-0.39, 0.29) is 17.1 Å². The molecule has 0 heterocycles. The Balaban J connectivity index is 1.86. The molecular formula is C26H29NO2. The molecule has 0 unspecified atom stereocenters. The molecule has 1 aliphatic carbocycles. The van der Waals surface area contributed by atoms with E-state index in [1.165, 1.54) is 0 Å². The highest BCUT2D eigenvalue weighted by Crippen LogP contribution is 2.39. The van der Waals surface area contributed by atoms with Crippen LogP contribution in [0.2, 0.25) is 0 Å². The Morgan fingerprint density at radius 1 is 0.897 bits per heavy atom. The van der Waals surface area contributed by atoms with Crippen LogP contribution in [0.1, 0.15) is 57.6 Å². The Hall–Kier alpha value is -2.86. The van der Waals surface area contributed by atoms with Gasteiger partial charge in [-0.3, -0.25) is 0 Å². The van der Waals surface area contributed by atoms with Crippen molar-refractivity contribution in [1.82, 2.24) is 0 Å². The second kappa shape index (κ2) is 9.09. The van der Waals surface area contributed by atoms with Crippen molar-refractivity contribution in [1.29, 1.82) is 5.26 Å². The van der Waals surface area contributed by atoms with Gasteiger partial charge in [0.25, 0.3) is 0 Å². The fraction of sp³-hybridized carbons (Fsp3) is 0.385. The van der Waals surface area contributed by atoms with E-state index in [4.69, 9.17) is 4.74 Å². The minimum atomic E-state index is -0.519. The number of carbonyl (C=O) groups excluding carboxylic acids is 1. The van der Waals surface area contributed by atoms with Gasteiger partial charge in [-0.05, 0) is 48.1 Å². The molecule has 0 N–H and O–H groups in total. The van der Waals surface area contributed by atoms with Crippen molar-refractivity contribution in [2.45, 2.75) is 52.6 Å². The first-order chi connectivity index (χ1) is 13.9. The van der Waals surface area contributed by atoms with Crippen LogP contribution < -0.4 is 0 Å². The van der Waals surface area contributed by atoms with Crippen molar-refractivity contribution < 1.29 is 9.53 Å². The normalized spacial score (nSPS) is 19.1. The lowest BCUT2D eigenvalue weighted by Gasteiger charge is -2.36. The van der Waals surface area contributed by atoms with Crippen molar-refractivity contribution >= 4 is 11.5 Å². The van der Waals surface area contributed by atoms with Gasteiger partial charge in [0.1, 0.15) is 17.7 Å². The topological polar surface area (TPSA) is 50.1 Å². The lowest BCUT2D eigenvalue weighted by atomic mass is 9.72. The van der Waals surface area contributed by atoms with Crippen LogP contribution in [-0.2, 0) is 9.53 Å². The molecule has 0 aliphatic heterocycles. The van der Waals surface area contributed by atoms with Gasteiger partial charge in [0.2, 0.25) is 0 Å². The van der Waals surface area contributed by atoms with Crippen molar-refractivity contribution in [2.24, 2.45) is 11.3 Å². The molecule has 1 fully saturated rings. The zero-order chi connectivity index (χ0) is 20.9. The van der Waals surface area contributed by atoms with Crippen LogP contribution in [0.4, 0.5) is 0 Å². The molecule has 150 valence electrons. The van der Waals surface area contributed by atoms with Gasteiger partial charge in [-0.2, -0.15) is 5.26 Å². The summed E-state index contributed by atoms with van der Waals surface area (Å²) >= 11 is 0. The van der Waals surface area contributed by atoms with Crippen LogP contribution >= 0.6 is 0 Å². The van der Waals surface area contributed by atoms with E-state index < -0.39 is 5.97 Å². The number of ether oxygens (including phenoxy) is 1. The zero-order valence-corrected chi connectivity index (χ0v) is 17.5. The lowest BCUT2D eigenvalue weighted by molar-refractivity contribution is -0.146. The monoisotopic (exact) mass is 387 g/mol. The van der Waals surface area contributed by atoms with Crippen LogP contribution in [0, 0.1) is 22.7 Å². The van der Waals surface area contributed by atoms with Crippen molar-refractivity contribution in [3.63, 3.8) is 0 Å². The highest BCUT2D eigenvalue weighted by atomic mass is 16.5. The van der Waals surface area contributed by atoms with Crippen molar-refractivity contribution in [2.75, 3.05) is 0 Å². The van der Waals surface area contributed by atoms with Gasteiger partial charge in [0, 0.05) is 5.57 Å². The second-order valence-electron chi connectivity index (χ2n) is 8.84. The summed E-state index contributed by atoms with van der Waals surface area (Å²) in [6.07, 6.45) is 3.71. The number of hydrogen-bond acceptors (Lipinski definition) is 3. The average molecular weight is 388 g/mol. The minimum absolute atomic E-state index is 0.0698. The van der Waals surface area contributed by atoms with E-state index in [2.05, 4.69) is 26.8 Å². The maximum absolute atomic E-state index is 13.0. The van der Waals surface area contributed by atoms with Crippen LogP contribution in [0.25, 0.3) is 5.57 Å². The third-order valence-electron chi connectivity index (χ3n) is 5.86. The molecule has 0 amide bonds. The molecule has 0 radical (unpaired) electrons. The first-order valence-electron chi connectivity index (χ1n) is 10.4. The molecule has 3 rings (SSSR count). The number of esters is 1. The number of nitriles is 1. The number of rotatable bonds is 4. The summed E-state index contributed by atoms with van der Waals surface area (Å²) in [7, 11) is 0. The Morgan fingerprint density at radius 2 is 1.38 bits per heavy atom. The van der Waals surface area contributed by atoms with Crippen LogP contribution in [0.5, 0.6) is 0 Å². The third kappa shape index (κ3) is 5.15. The van der Waals surface area contributed by atoms with E-state index in [0.717, 1.165) is 36.8 Å². The van der Waals surface area contributed by atoms with E-state index in [0.29, 0.717) is 11.5 Å². The summed E-state index contributed by atoms with van der Waals surface area (Å²) in [6, 6.07) is 21.3. The fourth-order valence-corrected chi connectivity index (χ4v) is 4.13. The molecular weight excluding hydrogens is 358 g/mol. The van der Waals surface area contributed by atoms with Crippen molar-refractivity contribution in [3.05, 3.63) is 77.4 Å². The van der Waals surface area contributed by atoms with E-state index in [1.54, 1.807) is 0 Å². The minimum Gasteiger partial charge on any atom is -0.458 e. The molecule has 0 atom stereocenters. The van der Waals surface area contributed by atoms with Gasteiger partial charge in [0.15, 0.2) is 0 Å². The Bertz CT molecular complexity index is 852. The number of carbonyl (C=O) groups is 1. The van der Waals surface area contributed by atoms with Crippen LogP contribution in [0.15, 0.2) is 66.2 Å². The molecule has 3 heteroatoms. The molecule has 1 saturated carbocycles. The standard InChI is InChI=1S/C26H29NO2/c1-26(2,3)21-14-16-22(17-15-21)29-25(28)23(18-27)24(19-10-6-4-7-11-19)20-12-8-5-9-13-20/h4-13,21-22H,14-17H2,1-3H3. The van der Waals surface area contributed by atoms with Gasteiger partial charge in [-0.1, -0.05) is 81.4 Å². The highest BCUT2D eigenvalue weighted by molar-refractivity contribution is 6.05. The first-order valence-corrected chi connectivity index (χ1v) is 10.4. The highest BCUT2D eigenvalue weighted by Gasteiger charge is 2.32. The number of hydrogen-bond donors (Lipinski definition) is 0. The second-order valence-corrected chi connectivity index (χ2v) is 8.84. The zero-order valence-electron chi connectivity index (χ0n) is 17.5. The molecule has 2 aromatic carbocycles. The molecule has 0 saturated heterocycles. The largest absolute Gasteiger partial charge is 0.458 e. The summed E-state index contributed by atoms with van der Waals surface area (Å²) in [4.78, 5) is 13.0. The molecule has 0 bridgehead atoms. The molecule has 3 nitrogen and oxygen atoms in total. The van der Waals surface area contributed by atoms with E-state index in [9.17, 15) is 10.1 Å². The summed E-state index contributed by atoms with van der Waals surface area (Å²) < 4.78 is 5.81. The Kier molecular flexibility index (Phi) is 6.54. The number of benzene rings is 2. The van der Waals surface area contributed by atoms with E-state index in [1.807, 2.05) is 60.7 Å². The van der Waals surface area contributed by atoms with Crippen LogP contribution in [-0.4, -0.2) is 12.1 Å². The smallest absolute Gasteiger partial charge is 0.349 e. The summed E-state index contributed by atoms with van der Waals surface area (Å²) in [5.41, 5.74) is 2.65. The molecule has 0 aromatic heterocycles. The predicted molar refractivity (Wildman–Crippen MR) is 116 cm³/mol. The fourth-order valence-electron chi connectivity index (χ4n) is 4.13. The van der Waals surface area contributed by atoms with Crippen LogP contribution in [0.3, 0.4) is 0 Å². The maximum atomic E-state index is 13.0. The average Bonchev–Trinajstić information content (AvgIpc) is 2.72. The third-order valence-corrected chi connectivity index (χ3v) is 5.86. The molecule has 0 spiro atoms. The Morgan fingerprint density at radius 3 is 1.79 bits per heavy atom. The SMILES string of the molecule is CC(C)(C)C1CCC(OC(=O)C(C#N)=C(c2ccccc2)c2ccccc2)CC1. The van der Waals surface area contributed by atoms with Gasteiger partial charge in [-0.25, -0.2) is 4.79 Å². The molecule has 1 aliphatic rings. The maximum Gasteiger partial charge on any atom is 0.349 e. The predicted octanol–water partition coefficient (Wildman–Crippen LogP) is 6.16. The molecule has 2 aromatic rings. The van der Waals surface area contributed by atoms with Gasteiger partial charge < -0.3 is 4.74 Å². The molecule has 29 heavy (non-hydrogen) atoms. The van der Waals surface area contributed by atoms with Gasteiger partial charge in [-0.15, -0.1) is 0 Å². The summed E-state index contributed by atoms with van der Waals surface area (Å²) in [6.45, 7) is 6.81. The van der Waals surface area contributed by atoms with Gasteiger partial charge in [0.05, 0.1) is 0 Å². The van der Waals surface area contributed by atoms with Crippen molar-refractivity contribution in [3.8, 4) is 6.07 Å². The van der Waals surface area contributed by atoms with Gasteiger partial charge >= 0.3 is 5.97 Å². The summed E-state index contributed by atoms with van der Waals surface area (Å²) in [5, 5.41) is 9.86. The quantitative estimate of drug-likeness (QED) is 0.359. The summed E-state index contributed by atoms with van der Waals surface area (Å²) in [5.74, 6) is 0.127.